The van der Waals surface area contributed by atoms with Gasteiger partial charge in [0, 0.05) is 19.7 Å². The molecule has 2 aromatic heterocycles. The van der Waals surface area contributed by atoms with E-state index in [0.29, 0.717) is 18.1 Å². The maximum atomic E-state index is 5.11. The van der Waals surface area contributed by atoms with Crippen molar-refractivity contribution in [1.29, 1.82) is 0 Å². The van der Waals surface area contributed by atoms with Crippen molar-refractivity contribution in [2.75, 3.05) is 0 Å². The molecule has 0 aliphatic heterocycles. The molecule has 5 nitrogen and oxygen atoms in total. The largest absolute Gasteiger partial charge is 0.339 e. The van der Waals surface area contributed by atoms with E-state index in [1.54, 1.807) is 4.68 Å². The first kappa shape index (κ1) is 11.3. The maximum Gasteiger partial charge on any atom is 0.226 e. The van der Waals surface area contributed by atoms with Gasteiger partial charge in [0.1, 0.15) is 0 Å². The summed E-state index contributed by atoms with van der Waals surface area (Å²) in [6, 6.07) is 0. The minimum absolute atomic E-state index is 0.592. The summed E-state index contributed by atoms with van der Waals surface area (Å²) >= 11 is 3.44. The van der Waals surface area contributed by atoms with Crippen molar-refractivity contribution in [3.05, 3.63) is 28.1 Å². The number of nitrogens with zero attached hydrogens (tertiary/aromatic N) is 4. The third kappa shape index (κ3) is 2.49. The average molecular weight is 285 g/mol. The van der Waals surface area contributed by atoms with E-state index in [0.717, 1.165) is 23.0 Å². The maximum absolute atomic E-state index is 5.11. The topological polar surface area (TPSA) is 56.7 Å². The molecule has 0 aliphatic rings. The van der Waals surface area contributed by atoms with E-state index in [1.807, 2.05) is 13.2 Å². The Morgan fingerprint density at radius 2 is 2.31 bits per heavy atom. The van der Waals surface area contributed by atoms with Gasteiger partial charge in [-0.3, -0.25) is 4.68 Å². The smallest absolute Gasteiger partial charge is 0.226 e. The summed E-state index contributed by atoms with van der Waals surface area (Å²) in [5.41, 5.74) is 0.923. The molecule has 16 heavy (non-hydrogen) atoms. The van der Waals surface area contributed by atoms with E-state index in [9.17, 15) is 0 Å². The van der Waals surface area contributed by atoms with E-state index in [2.05, 4.69) is 38.1 Å². The molecule has 0 atom stereocenters. The summed E-state index contributed by atoms with van der Waals surface area (Å²) in [6.07, 6.45) is 4.34. The molecule has 0 spiro atoms. The Hall–Kier alpha value is -1.17. The van der Waals surface area contributed by atoms with Crippen molar-refractivity contribution < 1.29 is 4.52 Å². The van der Waals surface area contributed by atoms with Crippen LogP contribution in [0.3, 0.4) is 0 Å². The van der Waals surface area contributed by atoms with E-state index >= 15 is 0 Å². The van der Waals surface area contributed by atoms with E-state index < -0.39 is 0 Å². The average Bonchev–Trinajstić information content (AvgIpc) is 2.76. The van der Waals surface area contributed by atoms with Crippen LogP contribution in [0.4, 0.5) is 0 Å². The second-order valence-electron chi connectivity index (χ2n) is 3.63. The van der Waals surface area contributed by atoms with Crippen molar-refractivity contribution in [1.82, 2.24) is 19.9 Å². The summed E-state index contributed by atoms with van der Waals surface area (Å²) in [7, 11) is 1.88. The Morgan fingerprint density at radius 1 is 1.50 bits per heavy atom. The lowest BCUT2D eigenvalue weighted by molar-refractivity contribution is 0.372. The van der Waals surface area contributed by atoms with Crippen LogP contribution >= 0.6 is 15.9 Å². The minimum Gasteiger partial charge on any atom is -0.339 e. The first-order chi connectivity index (χ1) is 7.69. The van der Waals surface area contributed by atoms with Crippen molar-refractivity contribution in [2.45, 2.75) is 26.2 Å². The highest BCUT2D eigenvalue weighted by Gasteiger charge is 2.11. The van der Waals surface area contributed by atoms with Crippen LogP contribution in [0, 0.1) is 0 Å². The van der Waals surface area contributed by atoms with Crippen molar-refractivity contribution in [3.8, 4) is 0 Å². The van der Waals surface area contributed by atoms with Crippen LogP contribution in [-0.4, -0.2) is 19.9 Å². The lowest BCUT2D eigenvalue weighted by atomic mass is 10.3. The number of aromatic nitrogens is 4. The van der Waals surface area contributed by atoms with Crippen molar-refractivity contribution in [2.24, 2.45) is 7.05 Å². The standard InChI is InChI=1S/C10H13BrN4O/c1-3-4-10-12-9(14-16-10)5-8-7(11)6-15(2)13-8/h6H,3-5H2,1-2H3. The molecular formula is C10H13BrN4O. The molecule has 86 valence electrons. The molecule has 0 unspecified atom stereocenters. The first-order valence-electron chi connectivity index (χ1n) is 5.18. The van der Waals surface area contributed by atoms with Gasteiger partial charge in [0.25, 0.3) is 0 Å². The molecule has 0 amide bonds. The summed E-state index contributed by atoms with van der Waals surface area (Å²) in [6.45, 7) is 2.08. The molecule has 0 bridgehead atoms. The SMILES string of the molecule is CCCc1nc(Cc2nn(C)cc2Br)no1. The Bertz CT molecular complexity index is 477. The van der Waals surface area contributed by atoms with Crippen LogP contribution in [-0.2, 0) is 19.9 Å². The van der Waals surface area contributed by atoms with Crippen LogP contribution in [0.25, 0.3) is 0 Å². The van der Waals surface area contributed by atoms with Gasteiger partial charge in [-0.25, -0.2) is 0 Å². The van der Waals surface area contributed by atoms with Crippen LogP contribution in [0.1, 0.15) is 30.8 Å². The zero-order valence-corrected chi connectivity index (χ0v) is 10.9. The van der Waals surface area contributed by atoms with Crippen LogP contribution < -0.4 is 0 Å². The molecule has 0 fully saturated rings. The Labute approximate surface area is 102 Å². The molecule has 6 heteroatoms. The number of halogens is 1. The first-order valence-corrected chi connectivity index (χ1v) is 5.97. The highest BCUT2D eigenvalue weighted by atomic mass is 79.9. The number of aryl methyl sites for hydroxylation is 2. The fraction of sp³-hybridized carbons (Fsp3) is 0.500. The third-order valence-corrected chi connectivity index (χ3v) is 2.82. The van der Waals surface area contributed by atoms with Gasteiger partial charge in [0.15, 0.2) is 5.82 Å². The quantitative estimate of drug-likeness (QED) is 0.863. The Morgan fingerprint density at radius 3 is 2.94 bits per heavy atom. The highest BCUT2D eigenvalue weighted by Crippen LogP contribution is 2.16. The van der Waals surface area contributed by atoms with Crippen molar-refractivity contribution >= 4 is 15.9 Å². The third-order valence-electron chi connectivity index (χ3n) is 2.15. The van der Waals surface area contributed by atoms with E-state index in [1.165, 1.54) is 0 Å². The molecule has 0 radical (unpaired) electrons. The van der Waals surface area contributed by atoms with Gasteiger partial charge >= 0.3 is 0 Å². The highest BCUT2D eigenvalue weighted by molar-refractivity contribution is 9.10. The molecule has 0 saturated carbocycles. The minimum atomic E-state index is 0.592. The Kier molecular flexibility index (Phi) is 3.38. The number of hydrogen-bond acceptors (Lipinski definition) is 4. The van der Waals surface area contributed by atoms with Crippen LogP contribution in [0.2, 0.25) is 0 Å². The van der Waals surface area contributed by atoms with Crippen LogP contribution in [0.15, 0.2) is 15.2 Å². The molecule has 2 aromatic rings. The molecular weight excluding hydrogens is 272 g/mol. The number of rotatable bonds is 4. The normalized spacial score (nSPS) is 10.9. The van der Waals surface area contributed by atoms with Gasteiger partial charge in [0.2, 0.25) is 5.89 Å². The molecule has 0 saturated heterocycles. The summed E-state index contributed by atoms with van der Waals surface area (Å²) in [5, 5.41) is 8.23. The molecule has 2 rings (SSSR count). The van der Waals surface area contributed by atoms with Crippen LogP contribution in [0.5, 0.6) is 0 Å². The molecule has 0 aromatic carbocycles. The lowest BCUT2D eigenvalue weighted by Gasteiger charge is -1.90. The summed E-state index contributed by atoms with van der Waals surface area (Å²) in [5.74, 6) is 1.38. The van der Waals surface area contributed by atoms with E-state index in [-0.39, 0.29) is 0 Å². The lowest BCUT2D eigenvalue weighted by Crippen LogP contribution is -1.95. The summed E-state index contributed by atoms with van der Waals surface area (Å²) in [4.78, 5) is 4.30. The van der Waals surface area contributed by atoms with Gasteiger partial charge in [-0.1, -0.05) is 12.1 Å². The molecule has 2 heterocycles. The monoisotopic (exact) mass is 284 g/mol. The molecule has 0 N–H and O–H groups in total. The fourth-order valence-corrected chi connectivity index (χ4v) is 1.97. The fourth-order valence-electron chi connectivity index (χ4n) is 1.45. The zero-order chi connectivity index (χ0) is 11.5. The van der Waals surface area contributed by atoms with Crippen molar-refractivity contribution in [3.63, 3.8) is 0 Å². The predicted molar refractivity (Wildman–Crippen MR) is 62.0 cm³/mol. The van der Waals surface area contributed by atoms with Gasteiger partial charge in [-0.15, -0.1) is 0 Å². The van der Waals surface area contributed by atoms with E-state index in [4.69, 9.17) is 4.52 Å². The Balaban J connectivity index is 2.11. The van der Waals surface area contributed by atoms with Gasteiger partial charge < -0.3 is 4.52 Å². The second-order valence-corrected chi connectivity index (χ2v) is 4.48. The summed E-state index contributed by atoms with van der Waals surface area (Å²) < 4.78 is 7.84. The van der Waals surface area contributed by atoms with Gasteiger partial charge in [-0.2, -0.15) is 10.1 Å². The van der Waals surface area contributed by atoms with Gasteiger partial charge in [0.05, 0.1) is 16.6 Å². The molecule has 0 aliphatic carbocycles. The second kappa shape index (κ2) is 4.78. The van der Waals surface area contributed by atoms with Gasteiger partial charge in [-0.05, 0) is 22.4 Å². The predicted octanol–water partition coefficient (Wildman–Crippen LogP) is 2.11. The number of hydrogen-bond donors (Lipinski definition) is 0. The zero-order valence-electron chi connectivity index (χ0n) is 9.27.